The van der Waals surface area contributed by atoms with Crippen LogP contribution in [0.3, 0.4) is 0 Å². The largest absolute Gasteiger partial charge is 0.493 e. The Hall–Kier alpha value is -3.35. The molecule has 0 aliphatic heterocycles. The number of carbonyl (C=O) groups is 3. The second-order valence-corrected chi connectivity index (χ2v) is 5.29. The van der Waals surface area contributed by atoms with Crippen molar-refractivity contribution >= 4 is 17.8 Å². The van der Waals surface area contributed by atoms with Gasteiger partial charge in [0, 0.05) is 5.56 Å². The molecule has 0 saturated carbocycles. The summed E-state index contributed by atoms with van der Waals surface area (Å²) in [4.78, 5) is 35.8. The van der Waals surface area contributed by atoms with E-state index < -0.39 is 30.4 Å². The van der Waals surface area contributed by atoms with Crippen LogP contribution in [0.15, 0.2) is 54.6 Å². The van der Waals surface area contributed by atoms with E-state index in [0.29, 0.717) is 23.5 Å². The SMILES string of the molecule is CCOc1ccccc1C(=O)NCC(=O)O[C@H](C(N)=O)c1ccccc1. The van der Waals surface area contributed by atoms with Gasteiger partial charge in [-0.3, -0.25) is 14.4 Å². The average molecular weight is 356 g/mol. The molecule has 7 heteroatoms. The molecule has 2 aromatic carbocycles. The van der Waals surface area contributed by atoms with Crippen LogP contribution in [0.4, 0.5) is 0 Å². The summed E-state index contributed by atoms with van der Waals surface area (Å²) < 4.78 is 10.5. The molecular weight excluding hydrogens is 336 g/mol. The van der Waals surface area contributed by atoms with Gasteiger partial charge >= 0.3 is 5.97 Å². The molecule has 0 spiro atoms. The highest BCUT2D eigenvalue weighted by atomic mass is 16.5. The van der Waals surface area contributed by atoms with E-state index in [0.717, 1.165) is 0 Å². The standard InChI is InChI=1S/C19H20N2O5/c1-2-25-15-11-7-6-10-14(15)19(24)21-12-16(22)26-17(18(20)23)13-8-4-3-5-9-13/h3-11,17H,2,12H2,1H3,(H2,20,23)(H,21,24)/t17-/m0/s1. The third-order valence-corrected chi connectivity index (χ3v) is 3.43. The second-order valence-electron chi connectivity index (χ2n) is 5.29. The number of benzene rings is 2. The number of hydrogen-bond acceptors (Lipinski definition) is 5. The van der Waals surface area contributed by atoms with E-state index in [4.69, 9.17) is 15.2 Å². The van der Waals surface area contributed by atoms with Gasteiger partial charge in [0.2, 0.25) is 6.10 Å². The summed E-state index contributed by atoms with van der Waals surface area (Å²) in [6, 6.07) is 15.1. The molecule has 2 rings (SSSR count). The Morgan fingerprint density at radius 1 is 1.04 bits per heavy atom. The van der Waals surface area contributed by atoms with E-state index in [9.17, 15) is 14.4 Å². The van der Waals surface area contributed by atoms with Gasteiger partial charge in [-0.05, 0) is 19.1 Å². The highest BCUT2D eigenvalue weighted by molar-refractivity contribution is 5.98. The number of nitrogens with one attached hydrogen (secondary N) is 1. The molecule has 0 aromatic heterocycles. The highest BCUT2D eigenvalue weighted by Gasteiger charge is 2.23. The summed E-state index contributed by atoms with van der Waals surface area (Å²) in [6.07, 6.45) is -1.21. The summed E-state index contributed by atoms with van der Waals surface area (Å²) in [5, 5.41) is 2.45. The van der Waals surface area contributed by atoms with Crippen LogP contribution in [-0.2, 0) is 14.3 Å². The third-order valence-electron chi connectivity index (χ3n) is 3.43. The maximum atomic E-state index is 12.2. The van der Waals surface area contributed by atoms with Gasteiger partial charge in [0.15, 0.2) is 0 Å². The average Bonchev–Trinajstić information content (AvgIpc) is 2.65. The number of ether oxygens (including phenoxy) is 2. The van der Waals surface area contributed by atoms with Crippen molar-refractivity contribution in [3.8, 4) is 5.75 Å². The smallest absolute Gasteiger partial charge is 0.326 e. The van der Waals surface area contributed by atoms with Gasteiger partial charge in [-0.25, -0.2) is 0 Å². The van der Waals surface area contributed by atoms with Crippen molar-refractivity contribution in [3.05, 3.63) is 65.7 Å². The Kier molecular flexibility index (Phi) is 6.73. The molecule has 136 valence electrons. The van der Waals surface area contributed by atoms with Crippen LogP contribution in [0.25, 0.3) is 0 Å². The topological polar surface area (TPSA) is 108 Å². The number of primary amides is 1. The number of rotatable bonds is 8. The molecule has 26 heavy (non-hydrogen) atoms. The van der Waals surface area contributed by atoms with Gasteiger partial charge in [-0.15, -0.1) is 0 Å². The van der Waals surface area contributed by atoms with Crippen LogP contribution in [0.5, 0.6) is 5.75 Å². The van der Waals surface area contributed by atoms with Crippen LogP contribution >= 0.6 is 0 Å². The Morgan fingerprint density at radius 3 is 2.35 bits per heavy atom. The van der Waals surface area contributed by atoms with Gasteiger partial charge < -0.3 is 20.5 Å². The number of amides is 2. The first-order chi connectivity index (χ1) is 12.5. The molecule has 0 radical (unpaired) electrons. The van der Waals surface area contributed by atoms with Crippen LogP contribution in [0.2, 0.25) is 0 Å². The Balaban J connectivity index is 1.97. The predicted octanol–water partition coefficient (Wildman–Crippen LogP) is 1.58. The van der Waals surface area contributed by atoms with E-state index in [1.807, 2.05) is 0 Å². The number of esters is 1. The molecule has 0 aliphatic carbocycles. The normalized spacial score (nSPS) is 11.3. The predicted molar refractivity (Wildman–Crippen MR) is 94.4 cm³/mol. The quantitative estimate of drug-likeness (QED) is 0.698. The number of hydrogen-bond donors (Lipinski definition) is 2. The van der Waals surface area contributed by atoms with Gasteiger partial charge in [0.05, 0.1) is 12.2 Å². The fourth-order valence-electron chi connectivity index (χ4n) is 2.27. The zero-order valence-electron chi connectivity index (χ0n) is 14.3. The first-order valence-corrected chi connectivity index (χ1v) is 8.06. The molecule has 0 aliphatic rings. The minimum absolute atomic E-state index is 0.302. The lowest BCUT2D eigenvalue weighted by atomic mass is 10.1. The van der Waals surface area contributed by atoms with Crippen molar-refractivity contribution in [2.24, 2.45) is 5.73 Å². The summed E-state index contributed by atoms with van der Waals surface area (Å²) in [6.45, 7) is 1.80. The van der Waals surface area contributed by atoms with Gasteiger partial charge in [0.25, 0.3) is 11.8 Å². The summed E-state index contributed by atoms with van der Waals surface area (Å²) in [5.74, 6) is -1.64. The van der Waals surface area contributed by atoms with Gasteiger partial charge in [-0.2, -0.15) is 0 Å². The Labute approximate surface area is 151 Å². The van der Waals surface area contributed by atoms with Gasteiger partial charge in [-0.1, -0.05) is 42.5 Å². The summed E-state index contributed by atoms with van der Waals surface area (Å²) in [7, 11) is 0. The van der Waals surface area contributed by atoms with Crippen LogP contribution in [0, 0.1) is 0 Å². The first-order valence-electron chi connectivity index (χ1n) is 8.06. The van der Waals surface area contributed by atoms with Crippen molar-refractivity contribution in [1.29, 1.82) is 0 Å². The van der Waals surface area contributed by atoms with E-state index in [1.54, 1.807) is 61.5 Å². The maximum Gasteiger partial charge on any atom is 0.326 e. The molecule has 7 nitrogen and oxygen atoms in total. The van der Waals surface area contributed by atoms with Crippen molar-refractivity contribution in [3.63, 3.8) is 0 Å². The molecule has 3 N–H and O–H groups in total. The lowest BCUT2D eigenvalue weighted by Gasteiger charge is -2.15. The number of para-hydroxylation sites is 1. The third kappa shape index (κ3) is 5.07. The van der Waals surface area contributed by atoms with E-state index in [1.165, 1.54) is 0 Å². The molecule has 0 heterocycles. The van der Waals surface area contributed by atoms with Crippen molar-refractivity contribution in [2.45, 2.75) is 13.0 Å². The van der Waals surface area contributed by atoms with E-state index in [-0.39, 0.29) is 0 Å². The minimum Gasteiger partial charge on any atom is -0.493 e. The fourth-order valence-corrected chi connectivity index (χ4v) is 2.27. The molecule has 2 aromatic rings. The van der Waals surface area contributed by atoms with Crippen LogP contribution in [-0.4, -0.2) is 30.9 Å². The second kappa shape index (κ2) is 9.22. The molecule has 1 atom stereocenters. The molecule has 0 bridgehead atoms. The molecule has 2 amide bonds. The maximum absolute atomic E-state index is 12.2. The number of carbonyl (C=O) groups excluding carboxylic acids is 3. The van der Waals surface area contributed by atoms with Gasteiger partial charge in [0.1, 0.15) is 12.3 Å². The zero-order valence-corrected chi connectivity index (χ0v) is 14.3. The molecule has 0 unspecified atom stereocenters. The zero-order chi connectivity index (χ0) is 18.9. The highest BCUT2D eigenvalue weighted by Crippen LogP contribution is 2.18. The fraction of sp³-hybridized carbons (Fsp3) is 0.211. The van der Waals surface area contributed by atoms with Crippen molar-refractivity contribution < 1.29 is 23.9 Å². The lowest BCUT2D eigenvalue weighted by molar-refractivity contribution is -0.154. The van der Waals surface area contributed by atoms with Crippen molar-refractivity contribution in [1.82, 2.24) is 5.32 Å². The molecule has 0 fully saturated rings. The summed E-state index contributed by atoms with van der Waals surface area (Å²) in [5.41, 5.74) is 6.06. The van der Waals surface area contributed by atoms with Crippen LogP contribution < -0.4 is 15.8 Å². The first kappa shape index (κ1) is 19.0. The molecular formula is C19H20N2O5. The Bertz CT molecular complexity index is 777. The van der Waals surface area contributed by atoms with E-state index in [2.05, 4.69) is 5.32 Å². The monoisotopic (exact) mass is 356 g/mol. The summed E-state index contributed by atoms with van der Waals surface area (Å²) >= 11 is 0. The minimum atomic E-state index is -1.21. The molecule has 0 saturated heterocycles. The van der Waals surface area contributed by atoms with Crippen LogP contribution in [0.1, 0.15) is 28.9 Å². The van der Waals surface area contributed by atoms with E-state index >= 15 is 0 Å². The Morgan fingerprint density at radius 2 is 1.69 bits per heavy atom. The van der Waals surface area contributed by atoms with Crippen molar-refractivity contribution in [2.75, 3.05) is 13.2 Å². The number of nitrogens with two attached hydrogens (primary N) is 1. The lowest BCUT2D eigenvalue weighted by Crippen LogP contribution is -2.34.